The summed E-state index contributed by atoms with van der Waals surface area (Å²) in [7, 11) is 0. The van der Waals surface area contributed by atoms with Crippen molar-refractivity contribution in [2.75, 3.05) is 36.8 Å². The van der Waals surface area contributed by atoms with E-state index in [0.717, 1.165) is 32.6 Å². The van der Waals surface area contributed by atoms with Crippen molar-refractivity contribution < 1.29 is 9.59 Å². The molecule has 2 heterocycles. The number of hydrogen-bond acceptors (Lipinski definition) is 5. The largest absolute Gasteiger partial charge is 0.368 e. The van der Waals surface area contributed by atoms with Crippen LogP contribution in [-0.2, 0) is 9.59 Å². The molecule has 1 aromatic carbocycles. The summed E-state index contributed by atoms with van der Waals surface area (Å²) in [5.41, 5.74) is 1.03. The van der Waals surface area contributed by atoms with E-state index < -0.39 is 0 Å². The third-order valence-corrected chi connectivity index (χ3v) is 6.20. The maximum atomic E-state index is 12.5. The highest BCUT2D eigenvalue weighted by molar-refractivity contribution is 8.00. The first kappa shape index (κ1) is 19.0. The lowest BCUT2D eigenvalue weighted by atomic mass is 9.96. The molecule has 26 heavy (non-hydrogen) atoms. The number of thioether (sulfide) groups is 1. The maximum Gasteiger partial charge on any atom is 0.232 e. The first-order valence-corrected chi connectivity index (χ1v) is 10.4. The van der Waals surface area contributed by atoms with Crippen LogP contribution in [0.1, 0.15) is 20.3 Å². The van der Waals surface area contributed by atoms with E-state index in [2.05, 4.69) is 27.7 Å². The van der Waals surface area contributed by atoms with E-state index >= 15 is 0 Å². The monoisotopic (exact) mass is 376 g/mol. The Morgan fingerprint density at radius 3 is 2.50 bits per heavy atom. The second-order valence-corrected chi connectivity index (χ2v) is 7.97. The number of para-hydroxylation sites is 1. The van der Waals surface area contributed by atoms with E-state index in [0.29, 0.717) is 5.75 Å². The minimum absolute atomic E-state index is 0.00798. The van der Waals surface area contributed by atoms with E-state index in [1.54, 1.807) is 0 Å². The van der Waals surface area contributed by atoms with Gasteiger partial charge in [-0.05, 0) is 25.5 Å². The fraction of sp³-hybridized carbons (Fsp3) is 0.579. The van der Waals surface area contributed by atoms with Gasteiger partial charge in [0.05, 0.1) is 11.7 Å². The van der Waals surface area contributed by atoms with Gasteiger partial charge in [0.15, 0.2) is 0 Å². The molecule has 3 atom stereocenters. The number of rotatable bonds is 5. The van der Waals surface area contributed by atoms with Crippen LogP contribution < -0.4 is 15.5 Å². The molecule has 6 nitrogen and oxygen atoms in total. The molecule has 0 aromatic heterocycles. The summed E-state index contributed by atoms with van der Waals surface area (Å²) in [5.74, 6) is 0.616. The summed E-state index contributed by atoms with van der Waals surface area (Å²) < 4.78 is 0. The summed E-state index contributed by atoms with van der Waals surface area (Å²) in [5, 5.41) is 6.36. The molecule has 2 aliphatic rings. The Morgan fingerprint density at radius 2 is 1.88 bits per heavy atom. The van der Waals surface area contributed by atoms with Crippen molar-refractivity contribution in [2.45, 2.75) is 31.8 Å². The second kappa shape index (κ2) is 8.77. The molecule has 0 radical (unpaired) electrons. The van der Waals surface area contributed by atoms with Gasteiger partial charge in [-0.15, -0.1) is 11.8 Å². The van der Waals surface area contributed by atoms with Gasteiger partial charge in [0.1, 0.15) is 5.50 Å². The van der Waals surface area contributed by atoms with Crippen molar-refractivity contribution in [1.29, 1.82) is 0 Å². The predicted octanol–water partition coefficient (Wildman–Crippen LogP) is 1.49. The van der Waals surface area contributed by atoms with Crippen LogP contribution in [-0.4, -0.2) is 60.2 Å². The van der Waals surface area contributed by atoms with Gasteiger partial charge in [0.2, 0.25) is 11.8 Å². The molecule has 2 fully saturated rings. The Hall–Kier alpha value is -1.73. The summed E-state index contributed by atoms with van der Waals surface area (Å²) in [6.45, 7) is 7.25. The predicted molar refractivity (Wildman–Crippen MR) is 106 cm³/mol. The van der Waals surface area contributed by atoms with Crippen molar-refractivity contribution >= 4 is 29.3 Å². The fourth-order valence-electron chi connectivity index (χ4n) is 3.59. The Labute approximate surface area is 159 Å². The van der Waals surface area contributed by atoms with Gasteiger partial charge >= 0.3 is 0 Å². The van der Waals surface area contributed by atoms with Gasteiger partial charge in [-0.25, -0.2) is 0 Å². The Bertz CT molecular complexity index is 619. The maximum absolute atomic E-state index is 12.5. The van der Waals surface area contributed by atoms with Crippen LogP contribution in [0.25, 0.3) is 0 Å². The van der Waals surface area contributed by atoms with E-state index in [1.165, 1.54) is 17.4 Å². The first-order valence-electron chi connectivity index (χ1n) is 9.34. The molecule has 2 saturated heterocycles. The lowest BCUT2D eigenvalue weighted by Crippen LogP contribution is -2.59. The van der Waals surface area contributed by atoms with Crippen LogP contribution in [0.15, 0.2) is 30.3 Å². The summed E-state index contributed by atoms with van der Waals surface area (Å²) >= 11 is 1.47. The lowest BCUT2D eigenvalue weighted by Gasteiger charge is -2.37. The molecule has 0 bridgehead atoms. The quantitative estimate of drug-likeness (QED) is 0.815. The molecule has 0 saturated carbocycles. The van der Waals surface area contributed by atoms with Gasteiger partial charge in [0.25, 0.3) is 0 Å². The van der Waals surface area contributed by atoms with Gasteiger partial charge in [0, 0.05) is 37.9 Å². The van der Waals surface area contributed by atoms with Crippen molar-refractivity contribution in [1.82, 2.24) is 15.5 Å². The van der Waals surface area contributed by atoms with Crippen LogP contribution in [0.5, 0.6) is 0 Å². The van der Waals surface area contributed by atoms with Crippen LogP contribution >= 0.6 is 11.8 Å². The number of amides is 2. The fourth-order valence-corrected chi connectivity index (χ4v) is 4.59. The molecule has 2 N–H and O–H groups in total. The molecule has 142 valence electrons. The summed E-state index contributed by atoms with van der Waals surface area (Å²) in [6.07, 6.45) is 0.821. The average molecular weight is 377 g/mol. The molecule has 2 amide bonds. The van der Waals surface area contributed by atoms with Crippen LogP contribution in [0, 0.1) is 5.92 Å². The van der Waals surface area contributed by atoms with Gasteiger partial charge in [-0.3, -0.25) is 14.9 Å². The van der Waals surface area contributed by atoms with E-state index in [9.17, 15) is 9.59 Å². The third-order valence-electron chi connectivity index (χ3n) is 5.19. The number of carbonyl (C=O) groups is 2. The summed E-state index contributed by atoms with van der Waals surface area (Å²) in [6, 6.07) is 10.4. The number of piperazine rings is 1. The lowest BCUT2D eigenvalue weighted by molar-refractivity contribution is -0.129. The first-order chi connectivity index (χ1) is 12.6. The molecule has 3 rings (SSSR count). The van der Waals surface area contributed by atoms with Crippen molar-refractivity contribution in [3.05, 3.63) is 30.3 Å². The minimum atomic E-state index is -0.185. The normalized spacial score (nSPS) is 26.5. The van der Waals surface area contributed by atoms with Crippen LogP contribution in [0.4, 0.5) is 5.69 Å². The zero-order valence-corrected chi connectivity index (χ0v) is 16.3. The molecule has 1 aromatic rings. The zero-order chi connectivity index (χ0) is 18.5. The Morgan fingerprint density at radius 1 is 1.19 bits per heavy atom. The van der Waals surface area contributed by atoms with Gasteiger partial charge in [-0.1, -0.05) is 25.1 Å². The number of nitrogens with one attached hydrogen (secondary N) is 2. The molecule has 0 aliphatic carbocycles. The molecular weight excluding hydrogens is 348 g/mol. The number of carbonyl (C=O) groups excluding carboxylic acids is 2. The highest BCUT2D eigenvalue weighted by Gasteiger charge is 2.32. The molecule has 7 heteroatoms. The highest BCUT2D eigenvalue weighted by atomic mass is 32.2. The number of hydrogen-bond donors (Lipinski definition) is 2. The van der Waals surface area contributed by atoms with Crippen molar-refractivity contribution in [3.8, 4) is 0 Å². The van der Waals surface area contributed by atoms with Crippen LogP contribution in [0.2, 0.25) is 0 Å². The zero-order valence-electron chi connectivity index (χ0n) is 15.5. The Kier molecular flexibility index (Phi) is 6.43. The number of benzene rings is 1. The van der Waals surface area contributed by atoms with Gasteiger partial charge in [-0.2, -0.15) is 0 Å². The molecular formula is C19H28N4O2S. The highest BCUT2D eigenvalue weighted by Crippen LogP contribution is 2.20. The average Bonchev–Trinajstić information content (AvgIpc) is 2.67. The third kappa shape index (κ3) is 4.51. The SMILES string of the molecule is CCC1C(=O)NC(SCC(=O)N2CCN(c3ccccc3)CC2)NC1C. The number of nitrogens with zero attached hydrogens (tertiary/aromatic N) is 2. The van der Waals surface area contributed by atoms with E-state index in [4.69, 9.17) is 0 Å². The minimum Gasteiger partial charge on any atom is -0.368 e. The van der Waals surface area contributed by atoms with Crippen LogP contribution in [0.3, 0.4) is 0 Å². The number of anilines is 1. The van der Waals surface area contributed by atoms with E-state index in [1.807, 2.05) is 36.9 Å². The summed E-state index contributed by atoms with van der Waals surface area (Å²) in [4.78, 5) is 28.8. The van der Waals surface area contributed by atoms with Crippen molar-refractivity contribution in [2.24, 2.45) is 5.92 Å². The smallest absolute Gasteiger partial charge is 0.232 e. The van der Waals surface area contributed by atoms with E-state index in [-0.39, 0.29) is 29.3 Å². The molecule has 2 aliphatic heterocycles. The van der Waals surface area contributed by atoms with Crippen molar-refractivity contribution in [3.63, 3.8) is 0 Å². The van der Waals surface area contributed by atoms with Gasteiger partial charge < -0.3 is 15.1 Å². The molecule has 0 spiro atoms. The second-order valence-electron chi connectivity index (χ2n) is 6.87. The molecule has 3 unspecified atom stereocenters. The topological polar surface area (TPSA) is 64.7 Å². The standard InChI is InChI=1S/C19H28N4O2S/c1-3-16-14(2)20-19(21-18(16)25)26-13-17(24)23-11-9-22(10-12-23)15-7-5-4-6-8-15/h4-8,14,16,19-20H,3,9-13H2,1-2H3,(H,21,25). The Balaban J connectivity index is 1.43.